The SMILES string of the molecule is CC(C)(CN)C(=O)Nc1cccc(NS(C)(=O)=O)c1.Cl. The second kappa shape index (κ2) is 6.92. The van der Waals surface area contributed by atoms with Crippen LogP contribution >= 0.6 is 12.4 Å². The number of carbonyl (C=O) groups is 1. The van der Waals surface area contributed by atoms with Crippen molar-refractivity contribution in [3.63, 3.8) is 0 Å². The maximum Gasteiger partial charge on any atom is 0.231 e. The van der Waals surface area contributed by atoms with Crippen LogP contribution in [0.15, 0.2) is 24.3 Å². The highest BCUT2D eigenvalue weighted by molar-refractivity contribution is 7.92. The summed E-state index contributed by atoms with van der Waals surface area (Å²) in [5.74, 6) is -0.216. The van der Waals surface area contributed by atoms with Gasteiger partial charge in [-0.3, -0.25) is 9.52 Å². The van der Waals surface area contributed by atoms with Gasteiger partial charge in [0.1, 0.15) is 0 Å². The maximum atomic E-state index is 11.9. The van der Waals surface area contributed by atoms with Crippen LogP contribution in [-0.2, 0) is 14.8 Å². The first-order valence-corrected chi connectivity index (χ1v) is 7.62. The average Bonchev–Trinajstić information content (AvgIpc) is 2.27. The molecule has 0 aliphatic heterocycles. The summed E-state index contributed by atoms with van der Waals surface area (Å²) >= 11 is 0. The number of hydrogen-bond donors (Lipinski definition) is 3. The van der Waals surface area contributed by atoms with Crippen LogP contribution in [0.4, 0.5) is 11.4 Å². The molecule has 0 saturated carbocycles. The van der Waals surface area contributed by atoms with Crippen molar-refractivity contribution in [2.75, 3.05) is 22.8 Å². The van der Waals surface area contributed by atoms with E-state index in [1.54, 1.807) is 38.1 Å². The predicted octanol–water partition coefficient (Wildman–Crippen LogP) is 1.40. The molecule has 0 atom stereocenters. The van der Waals surface area contributed by atoms with Gasteiger partial charge in [0.25, 0.3) is 0 Å². The minimum atomic E-state index is -3.34. The molecule has 8 heteroatoms. The highest BCUT2D eigenvalue weighted by Crippen LogP contribution is 2.20. The third-order valence-corrected chi connectivity index (χ3v) is 3.16. The summed E-state index contributed by atoms with van der Waals surface area (Å²) in [6.45, 7) is 3.70. The van der Waals surface area contributed by atoms with Gasteiger partial charge in [0.05, 0.1) is 17.4 Å². The Bertz CT molecular complexity index is 573. The largest absolute Gasteiger partial charge is 0.329 e. The van der Waals surface area contributed by atoms with Gasteiger partial charge in [0, 0.05) is 12.2 Å². The molecule has 1 amide bonds. The van der Waals surface area contributed by atoms with Gasteiger partial charge >= 0.3 is 0 Å². The molecule has 0 bridgehead atoms. The fourth-order valence-corrected chi connectivity index (χ4v) is 1.82. The molecule has 114 valence electrons. The fraction of sp³-hybridized carbons (Fsp3) is 0.417. The highest BCUT2D eigenvalue weighted by atomic mass is 35.5. The van der Waals surface area contributed by atoms with Crippen molar-refractivity contribution >= 4 is 39.7 Å². The molecule has 0 unspecified atom stereocenters. The number of anilines is 2. The van der Waals surface area contributed by atoms with Gasteiger partial charge < -0.3 is 11.1 Å². The van der Waals surface area contributed by atoms with E-state index in [0.29, 0.717) is 11.4 Å². The summed E-state index contributed by atoms with van der Waals surface area (Å²) < 4.78 is 24.6. The Kier molecular flexibility index (Phi) is 6.46. The van der Waals surface area contributed by atoms with Crippen molar-refractivity contribution in [3.05, 3.63) is 24.3 Å². The minimum Gasteiger partial charge on any atom is -0.329 e. The zero-order chi connectivity index (χ0) is 14.7. The van der Waals surface area contributed by atoms with Gasteiger partial charge in [-0.2, -0.15) is 0 Å². The Balaban J connectivity index is 0.00000361. The monoisotopic (exact) mass is 321 g/mol. The molecule has 0 heterocycles. The van der Waals surface area contributed by atoms with Gasteiger partial charge in [-0.1, -0.05) is 6.07 Å². The predicted molar refractivity (Wildman–Crippen MR) is 83.6 cm³/mol. The van der Waals surface area contributed by atoms with Crippen molar-refractivity contribution in [3.8, 4) is 0 Å². The first kappa shape index (κ1) is 18.7. The molecule has 0 saturated heterocycles. The number of amides is 1. The molecular formula is C12H20ClN3O3S. The van der Waals surface area contributed by atoms with Crippen LogP contribution in [0.3, 0.4) is 0 Å². The van der Waals surface area contributed by atoms with E-state index in [4.69, 9.17) is 5.73 Å². The Labute approximate surface area is 125 Å². The molecule has 0 radical (unpaired) electrons. The number of hydrogen-bond acceptors (Lipinski definition) is 4. The van der Waals surface area contributed by atoms with Crippen molar-refractivity contribution < 1.29 is 13.2 Å². The first-order valence-electron chi connectivity index (χ1n) is 5.73. The lowest BCUT2D eigenvalue weighted by Crippen LogP contribution is -2.37. The molecule has 6 nitrogen and oxygen atoms in total. The average molecular weight is 322 g/mol. The first-order chi connectivity index (χ1) is 8.64. The van der Waals surface area contributed by atoms with Gasteiger partial charge in [0.2, 0.25) is 15.9 Å². The Hall–Kier alpha value is -1.31. The van der Waals surface area contributed by atoms with Gasteiger partial charge in [0.15, 0.2) is 0 Å². The molecular weight excluding hydrogens is 302 g/mol. The van der Waals surface area contributed by atoms with Crippen LogP contribution in [0.25, 0.3) is 0 Å². The lowest BCUT2D eigenvalue weighted by molar-refractivity contribution is -0.123. The number of halogens is 1. The molecule has 1 aromatic rings. The molecule has 0 fully saturated rings. The van der Waals surface area contributed by atoms with Gasteiger partial charge in [-0.25, -0.2) is 8.42 Å². The van der Waals surface area contributed by atoms with Crippen molar-refractivity contribution in [1.29, 1.82) is 0 Å². The molecule has 0 aliphatic rings. The van der Waals surface area contributed by atoms with Crippen LogP contribution in [0.1, 0.15) is 13.8 Å². The van der Waals surface area contributed by atoms with Crippen LogP contribution in [0.2, 0.25) is 0 Å². The van der Waals surface area contributed by atoms with E-state index in [2.05, 4.69) is 10.0 Å². The second-order valence-electron chi connectivity index (χ2n) is 5.00. The van der Waals surface area contributed by atoms with Crippen LogP contribution in [0.5, 0.6) is 0 Å². The number of nitrogens with one attached hydrogen (secondary N) is 2. The van der Waals surface area contributed by atoms with Gasteiger partial charge in [-0.15, -0.1) is 12.4 Å². The molecule has 20 heavy (non-hydrogen) atoms. The van der Waals surface area contributed by atoms with Gasteiger partial charge in [-0.05, 0) is 32.0 Å². The van der Waals surface area contributed by atoms with E-state index < -0.39 is 15.4 Å². The molecule has 0 spiro atoms. The van der Waals surface area contributed by atoms with Crippen LogP contribution in [-0.4, -0.2) is 27.1 Å². The third kappa shape index (κ3) is 5.77. The smallest absolute Gasteiger partial charge is 0.231 e. The van der Waals surface area contributed by atoms with E-state index in [-0.39, 0.29) is 24.9 Å². The van der Waals surface area contributed by atoms with E-state index in [0.717, 1.165) is 6.26 Å². The zero-order valence-corrected chi connectivity index (χ0v) is 13.3. The molecule has 4 N–H and O–H groups in total. The summed E-state index contributed by atoms with van der Waals surface area (Å²) in [6.07, 6.45) is 1.07. The minimum absolute atomic E-state index is 0. The quantitative estimate of drug-likeness (QED) is 0.763. The number of sulfonamides is 1. The molecule has 0 aliphatic carbocycles. The summed E-state index contributed by atoms with van der Waals surface area (Å²) in [5, 5.41) is 2.71. The third-order valence-electron chi connectivity index (χ3n) is 2.55. The zero-order valence-electron chi connectivity index (χ0n) is 11.6. The molecule has 1 aromatic carbocycles. The van der Waals surface area contributed by atoms with E-state index in [1.807, 2.05) is 0 Å². The summed E-state index contributed by atoms with van der Waals surface area (Å²) in [6, 6.07) is 6.48. The van der Waals surface area contributed by atoms with Crippen molar-refractivity contribution in [2.24, 2.45) is 11.1 Å². The lowest BCUT2D eigenvalue weighted by Gasteiger charge is -2.21. The molecule has 1 rings (SSSR count). The summed E-state index contributed by atoms with van der Waals surface area (Å²) in [4.78, 5) is 11.9. The van der Waals surface area contributed by atoms with Crippen LogP contribution < -0.4 is 15.8 Å². The Morgan fingerprint density at radius 1 is 1.30 bits per heavy atom. The number of carbonyl (C=O) groups excluding carboxylic acids is 1. The normalized spacial score (nSPS) is 11.4. The standard InChI is InChI=1S/C12H19N3O3S.ClH/c1-12(2,8-13)11(16)14-9-5-4-6-10(7-9)15-19(3,17)18;/h4-7,15H,8,13H2,1-3H3,(H,14,16);1H. The van der Waals surface area contributed by atoms with E-state index >= 15 is 0 Å². The Morgan fingerprint density at radius 3 is 2.35 bits per heavy atom. The summed E-state index contributed by atoms with van der Waals surface area (Å²) in [5.41, 5.74) is 5.75. The van der Waals surface area contributed by atoms with E-state index in [1.165, 1.54) is 0 Å². The molecule has 0 aromatic heterocycles. The van der Waals surface area contributed by atoms with Crippen molar-refractivity contribution in [2.45, 2.75) is 13.8 Å². The number of rotatable bonds is 5. The second-order valence-corrected chi connectivity index (χ2v) is 6.75. The highest BCUT2D eigenvalue weighted by Gasteiger charge is 2.25. The number of nitrogens with two attached hydrogens (primary N) is 1. The lowest BCUT2D eigenvalue weighted by atomic mass is 9.92. The summed E-state index contributed by atoms with van der Waals surface area (Å²) in [7, 11) is -3.34. The fourth-order valence-electron chi connectivity index (χ4n) is 1.27. The van der Waals surface area contributed by atoms with Crippen molar-refractivity contribution in [1.82, 2.24) is 0 Å². The maximum absolute atomic E-state index is 11.9. The van der Waals surface area contributed by atoms with Crippen LogP contribution in [0, 0.1) is 5.41 Å². The number of benzene rings is 1. The van der Waals surface area contributed by atoms with E-state index in [9.17, 15) is 13.2 Å². The topological polar surface area (TPSA) is 101 Å². The Morgan fingerprint density at radius 2 is 1.85 bits per heavy atom.